The number of aliphatic hydroxyl groups excluding tert-OH is 2. The molecule has 0 spiro atoms. The number of aromatic nitrogens is 1. The lowest BCUT2D eigenvalue weighted by Crippen LogP contribution is -2.35. The molecule has 5 aromatic rings. The van der Waals surface area contributed by atoms with Crippen molar-refractivity contribution in [3.63, 3.8) is 0 Å². The van der Waals surface area contributed by atoms with Crippen LogP contribution in [0.1, 0.15) is 16.8 Å². The van der Waals surface area contributed by atoms with Gasteiger partial charge in [0, 0.05) is 29.1 Å². The Hall–Kier alpha value is -3.21. The van der Waals surface area contributed by atoms with E-state index in [4.69, 9.17) is 4.42 Å². The van der Waals surface area contributed by atoms with Crippen molar-refractivity contribution in [1.82, 2.24) is 0 Å². The molecule has 0 saturated carbocycles. The molecule has 2 heterocycles. The first-order chi connectivity index (χ1) is 14.1. The van der Waals surface area contributed by atoms with Crippen LogP contribution in [0, 0.1) is 6.92 Å². The predicted molar refractivity (Wildman–Crippen MR) is 114 cm³/mol. The fourth-order valence-corrected chi connectivity index (χ4v) is 4.25. The molecule has 5 rings (SSSR count). The third kappa shape index (κ3) is 2.64. The smallest absolute Gasteiger partial charge is 0.216 e. The van der Waals surface area contributed by atoms with Gasteiger partial charge in [-0.2, -0.15) is 4.57 Å². The summed E-state index contributed by atoms with van der Waals surface area (Å²) >= 11 is 0. The minimum atomic E-state index is -0.0968. The van der Waals surface area contributed by atoms with Crippen molar-refractivity contribution in [2.45, 2.75) is 20.1 Å². The summed E-state index contributed by atoms with van der Waals surface area (Å²) in [4.78, 5) is 0. The van der Waals surface area contributed by atoms with Crippen LogP contribution < -0.4 is 4.57 Å². The Kier molecular flexibility index (Phi) is 4.12. The van der Waals surface area contributed by atoms with Gasteiger partial charge in [-0.1, -0.05) is 30.3 Å². The summed E-state index contributed by atoms with van der Waals surface area (Å²) in [6.45, 7) is 1.89. The van der Waals surface area contributed by atoms with Gasteiger partial charge < -0.3 is 14.6 Å². The highest BCUT2D eigenvalue weighted by atomic mass is 16.3. The van der Waals surface area contributed by atoms with Crippen molar-refractivity contribution in [3.8, 4) is 11.3 Å². The quantitative estimate of drug-likeness (QED) is 0.450. The van der Waals surface area contributed by atoms with Crippen molar-refractivity contribution >= 4 is 32.7 Å². The van der Waals surface area contributed by atoms with Crippen LogP contribution in [-0.4, -0.2) is 10.2 Å². The molecule has 0 atom stereocenters. The average molecular weight is 384 g/mol. The Morgan fingerprint density at radius 2 is 1.55 bits per heavy atom. The molecule has 0 unspecified atom stereocenters. The summed E-state index contributed by atoms with van der Waals surface area (Å²) in [5, 5.41) is 23.7. The minimum absolute atomic E-state index is 0.0883. The lowest BCUT2D eigenvalue weighted by Gasteiger charge is -2.11. The summed E-state index contributed by atoms with van der Waals surface area (Å²) in [7, 11) is 2.05. The van der Waals surface area contributed by atoms with E-state index in [-0.39, 0.29) is 13.2 Å². The summed E-state index contributed by atoms with van der Waals surface area (Å²) in [5.74, 6) is 0. The van der Waals surface area contributed by atoms with Gasteiger partial charge in [-0.15, -0.1) is 0 Å². The highest BCUT2D eigenvalue weighted by Crippen LogP contribution is 2.35. The van der Waals surface area contributed by atoms with Gasteiger partial charge in [0.1, 0.15) is 18.2 Å². The Balaban J connectivity index is 1.84. The highest BCUT2D eigenvalue weighted by molar-refractivity contribution is 6.09. The second kappa shape index (κ2) is 6.69. The Labute approximate surface area is 168 Å². The molecule has 2 N–H and O–H groups in total. The van der Waals surface area contributed by atoms with E-state index in [0.717, 1.165) is 60.8 Å². The zero-order valence-electron chi connectivity index (χ0n) is 16.4. The fourth-order valence-electron chi connectivity index (χ4n) is 4.25. The molecule has 29 heavy (non-hydrogen) atoms. The Bertz CT molecular complexity index is 1400. The van der Waals surface area contributed by atoms with Gasteiger partial charge in [0.25, 0.3) is 0 Å². The standard InChI is InChI=1S/C25H22NO3/c1-15-22-11-18(14-28)17(13-27)10-16(22)12-23(26(15)2)21-8-5-7-20-19-6-3-4-9-24(19)29-25(20)21/h3-12,27-28H,13-14H2,1-2H3/q+1. The van der Waals surface area contributed by atoms with Crippen LogP contribution in [0.4, 0.5) is 0 Å². The van der Waals surface area contributed by atoms with Crippen molar-refractivity contribution in [1.29, 1.82) is 0 Å². The molecule has 0 fully saturated rings. The van der Waals surface area contributed by atoms with Crippen LogP contribution in [0.2, 0.25) is 0 Å². The molecule has 0 amide bonds. The van der Waals surface area contributed by atoms with E-state index in [9.17, 15) is 10.2 Å². The Morgan fingerprint density at radius 1 is 0.828 bits per heavy atom. The van der Waals surface area contributed by atoms with E-state index in [0.29, 0.717) is 0 Å². The lowest BCUT2D eigenvalue weighted by molar-refractivity contribution is -0.665. The van der Waals surface area contributed by atoms with Crippen LogP contribution in [0.25, 0.3) is 44.0 Å². The molecule has 2 aromatic heterocycles. The zero-order chi connectivity index (χ0) is 20.1. The first-order valence-electron chi connectivity index (χ1n) is 9.70. The van der Waals surface area contributed by atoms with E-state index < -0.39 is 0 Å². The summed E-state index contributed by atoms with van der Waals surface area (Å²) in [6, 6.07) is 20.4. The molecule has 0 aliphatic heterocycles. The first-order valence-corrected chi connectivity index (χ1v) is 9.70. The molecule has 4 nitrogen and oxygen atoms in total. The van der Waals surface area contributed by atoms with Gasteiger partial charge in [-0.3, -0.25) is 0 Å². The molecule has 0 saturated heterocycles. The van der Waals surface area contributed by atoms with Crippen LogP contribution in [0.5, 0.6) is 0 Å². The van der Waals surface area contributed by atoms with Crippen molar-refractivity contribution in [3.05, 3.63) is 77.5 Å². The van der Waals surface area contributed by atoms with Crippen molar-refractivity contribution < 1.29 is 19.2 Å². The molecule has 0 aliphatic carbocycles. The maximum atomic E-state index is 9.71. The maximum absolute atomic E-state index is 9.71. The second-order valence-electron chi connectivity index (χ2n) is 7.48. The first kappa shape index (κ1) is 17.9. The summed E-state index contributed by atoms with van der Waals surface area (Å²) < 4.78 is 8.40. The molecular formula is C25H22NO3+. The lowest BCUT2D eigenvalue weighted by atomic mass is 9.98. The van der Waals surface area contributed by atoms with Crippen LogP contribution in [-0.2, 0) is 20.3 Å². The largest absolute Gasteiger partial charge is 0.455 e. The van der Waals surface area contributed by atoms with Gasteiger partial charge in [-0.05, 0) is 40.8 Å². The third-order valence-corrected chi connectivity index (χ3v) is 5.94. The van der Waals surface area contributed by atoms with Crippen LogP contribution in [0.3, 0.4) is 0 Å². The van der Waals surface area contributed by atoms with Crippen LogP contribution >= 0.6 is 0 Å². The van der Waals surface area contributed by atoms with Gasteiger partial charge >= 0.3 is 0 Å². The normalized spacial score (nSPS) is 11.7. The van der Waals surface area contributed by atoms with Gasteiger partial charge in [0.05, 0.1) is 18.8 Å². The summed E-state index contributed by atoms with van der Waals surface area (Å²) in [6.07, 6.45) is 0. The van der Waals surface area contributed by atoms with Gasteiger partial charge in [0.2, 0.25) is 5.69 Å². The van der Waals surface area contributed by atoms with Crippen molar-refractivity contribution in [2.75, 3.05) is 0 Å². The number of rotatable bonds is 3. The molecule has 3 aromatic carbocycles. The molecular weight excluding hydrogens is 362 g/mol. The number of pyridine rings is 1. The number of hydrogen-bond acceptors (Lipinski definition) is 3. The molecule has 4 heteroatoms. The van der Waals surface area contributed by atoms with Gasteiger partial charge in [0.15, 0.2) is 5.69 Å². The van der Waals surface area contributed by atoms with E-state index in [2.05, 4.69) is 41.8 Å². The highest BCUT2D eigenvalue weighted by Gasteiger charge is 2.22. The number of aryl methyl sites for hydroxylation is 1. The molecule has 0 aliphatic rings. The number of benzene rings is 3. The minimum Gasteiger partial charge on any atom is -0.455 e. The number of aliphatic hydroxyl groups is 2. The number of nitrogens with zero attached hydrogens (tertiary/aromatic N) is 1. The molecule has 0 radical (unpaired) electrons. The maximum Gasteiger partial charge on any atom is 0.216 e. The fraction of sp³-hybridized carbons (Fsp3) is 0.160. The van der Waals surface area contributed by atoms with Crippen molar-refractivity contribution in [2.24, 2.45) is 7.05 Å². The average Bonchev–Trinajstić information content (AvgIpc) is 3.14. The SMILES string of the molecule is Cc1c2cc(CO)c(CO)cc2cc(-c2cccc3c2oc2ccccc23)[n+]1C. The third-order valence-electron chi connectivity index (χ3n) is 5.94. The number of hydrogen-bond donors (Lipinski definition) is 2. The monoisotopic (exact) mass is 384 g/mol. The number of furan rings is 1. The van der Waals surface area contributed by atoms with Gasteiger partial charge in [-0.25, -0.2) is 0 Å². The summed E-state index contributed by atoms with van der Waals surface area (Å²) in [5.41, 5.74) is 6.42. The van der Waals surface area contributed by atoms with E-state index in [1.807, 2.05) is 37.4 Å². The number of fused-ring (bicyclic) bond motifs is 4. The Morgan fingerprint density at radius 3 is 2.34 bits per heavy atom. The van der Waals surface area contributed by atoms with E-state index in [1.165, 1.54) is 0 Å². The van der Waals surface area contributed by atoms with E-state index >= 15 is 0 Å². The number of para-hydroxylation sites is 2. The second-order valence-corrected chi connectivity index (χ2v) is 7.48. The molecule has 0 bridgehead atoms. The van der Waals surface area contributed by atoms with Crippen LogP contribution in [0.15, 0.2) is 65.1 Å². The zero-order valence-corrected chi connectivity index (χ0v) is 16.4. The van der Waals surface area contributed by atoms with E-state index in [1.54, 1.807) is 0 Å². The molecule has 144 valence electrons. The topological polar surface area (TPSA) is 57.5 Å². The predicted octanol–water partition coefficient (Wildman–Crippen LogP) is 4.52.